The first-order valence-corrected chi connectivity index (χ1v) is 30.6. The summed E-state index contributed by atoms with van der Waals surface area (Å²) in [5, 5.41) is 5.08. The number of nitrogens with zero attached hydrogens (tertiary/aromatic N) is 3. The molecule has 0 fully saturated rings. The lowest BCUT2D eigenvalue weighted by Crippen LogP contribution is -2.18. The SMILES string of the molecule is CC(C)c1ccc(N(c2ccc(C(C)C)cc2)c2ccc3c4c2-c2ccccc2C4C(C)c2c-3c(-c3ccccc3)c3c(c2-c2ccccc2)c2ccc(N(c4ccc(C(C)C)cc4)c4ccc(C(C)C)cc4)c4c5ccccc5n3c24)cc1. The van der Waals surface area contributed by atoms with Crippen LogP contribution in [0.4, 0.5) is 34.1 Å². The van der Waals surface area contributed by atoms with Crippen molar-refractivity contribution in [3.63, 3.8) is 0 Å². The molecule has 2 heterocycles. The molecule has 2 unspecified atom stereocenters. The topological polar surface area (TPSA) is 10.9 Å². The molecule has 0 spiro atoms. The van der Waals surface area contributed by atoms with Crippen LogP contribution in [-0.4, -0.2) is 4.40 Å². The van der Waals surface area contributed by atoms with Crippen molar-refractivity contribution in [2.24, 2.45) is 0 Å². The summed E-state index contributed by atoms with van der Waals surface area (Å²) in [5.41, 5.74) is 30.7. The van der Waals surface area contributed by atoms with Crippen molar-refractivity contribution >= 4 is 72.2 Å². The van der Waals surface area contributed by atoms with Crippen LogP contribution in [-0.2, 0) is 0 Å². The van der Waals surface area contributed by atoms with Crippen LogP contribution < -0.4 is 9.80 Å². The third kappa shape index (κ3) is 7.84. The van der Waals surface area contributed by atoms with E-state index in [1.54, 1.807) is 0 Å². The van der Waals surface area contributed by atoms with Gasteiger partial charge in [0.25, 0.3) is 0 Å². The maximum Gasteiger partial charge on any atom is 0.0642 e. The molecule has 0 saturated carbocycles. The summed E-state index contributed by atoms with van der Waals surface area (Å²) >= 11 is 0. The van der Waals surface area contributed by atoms with Crippen LogP contribution in [0.1, 0.15) is 137 Å². The van der Waals surface area contributed by atoms with E-state index in [-0.39, 0.29) is 11.8 Å². The number of fused-ring (bicyclic) bond motifs is 11. The van der Waals surface area contributed by atoms with Gasteiger partial charge >= 0.3 is 0 Å². The van der Waals surface area contributed by atoms with Crippen molar-refractivity contribution in [3.05, 3.63) is 269 Å². The molecule has 0 N–H and O–H groups in total. The van der Waals surface area contributed by atoms with Gasteiger partial charge in [0.15, 0.2) is 0 Å². The molecular formula is C81H71N3. The minimum atomic E-state index is 0.0989. The van der Waals surface area contributed by atoms with Crippen LogP contribution in [0, 0.1) is 0 Å². The van der Waals surface area contributed by atoms with Gasteiger partial charge in [0.1, 0.15) is 0 Å². The third-order valence-electron chi connectivity index (χ3n) is 19.0. The second kappa shape index (κ2) is 20.0. The van der Waals surface area contributed by atoms with Gasteiger partial charge in [-0.15, -0.1) is 0 Å². The molecule has 3 heteroatoms. The Kier molecular flexibility index (Phi) is 12.3. The van der Waals surface area contributed by atoms with Gasteiger partial charge in [0.2, 0.25) is 0 Å². The van der Waals surface area contributed by atoms with E-state index in [4.69, 9.17) is 0 Å². The molecule has 11 aromatic carbocycles. The van der Waals surface area contributed by atoms with Gasteiger partial charge in [-0.25, -0.2) is 0 Å². The van der Waals surface area contributed by atoms with Gasteiger partial charge in [-0.05, 0) is 169 Å². The zero-order valence-corrected chi connectivity index (χ0v) is 49.7. The minimum Gasteiger partial charge on any atom is -0.310 e. The lowest BCUT2D eigenvalue weighted by Gasteiger charge is -2.37. The largest absolute Gasteiger partial charge is 0.310 e. The van der Waals surface area contributed by atoms with E-state index in [0.29, 0.717) is 23.7 Å². The smallest absolute Gasteiger partial charge is 0.0642 e. The summed E-state index contributed by atoms with van der Waals surface area (Å²) in [6, 6.07) is 88.5. The van der Waals surface area contributed by atoms with Crippen LogP contribution in [0.5, 0.6) is 0 Å². The molecule has 0 bridgehead atoms. The summed E-state index contributed by atoms with van der Waals surface area (Å²) in [5.74, 6) is 1.92. The maximum atomic E-state index is 2.68. The van der Waals surface area contributed by atoms with Crippen molar-refractivity contribution in [1.82, 2.24) is 4.40 Å². The summed E-state index contributed by atoms with van der Waals surface area (Å²) in [6.07, 6.45) is 0. The molecule has 0 amide bonds. The van der Waals surface area contributed by atoms with Crippen molar-refractivity contribution in [3.8, 4) is 44.5 Å². The first-order chi connectivity index (χ1) is 41.0. The Morgan fingerprint density at radius 3 is 1.31 bits per heavy atom. The van der Waals surface area contributed by atoms with Gasteiger partial charge in [0, 0.05) is 61.3 Å². The predicted octanol–water partition coefficient (Wildman–Crippen LogP) is 23.5. The average molecular weight is 1090 g/mol. The molecule has 0 aliphatic heterocycles. The fraction of sp³-hybridized carbons (Fsp3) is 0.185. The number of benzene rings is 11. The Labute approximate surface area is 495 Å². The molecule has 2 aliphatic carbocycles. The highest BCUT2D eigenvalue weighted by Gasteiger charge is 2.45. The van der Waals surface area contributed by atoms with Crippen LogP contribution in [0.2, 0.25) is 0 Å². The highest BCUT2D eigenvalue weighted by Crippen LogP contribution is 2.66. The second-order valence-electron chi connectivity index (χ2n) is 25.1. The number of rotatable bonds is 12. The molecular weight excluding hydrogens is 1010 g/mol. The van der Waals surface area contributed by atoms with Crippen LogP contribution >= 0.6 is 0 Å². The summed E-state index contributed by atoms with van der Waals surface area (Å²) in [6.45, 7) is 20.8. The van der Waals surface area contributed by atoms with Gasteiger partial charge in [0.05, 0.1) is 27.9 Å². The highest BCUT2D eigenvalue weighted by atomic mass is 15.2. The van der Waals surface area contributed by atoms with Gasteiger partial charge in [-0.1, -0.05) is 226 Å². The lowest BCUT2D eigenvalue weighted by atomic mass is 9.67. The molecule has 3 nitrogen and oxygen atoms in total. The molecule has 410 valence electrons. The fourth-order valence-corrected chi connectivity index (χ4v) is 14.8. The van der Waals surface area contributed by atoms with E-state index in [1.807, 2.05) is 0 Å². The molecule has 0 radical (unpaired) electrons. The Bertz CT molecular complexity index is 4540. The van der Waals surface area contributed by atoms with Crippen molar-refractivity contribution < 1.29 is 0 Å². The first kappa shape index (κ1) is 51.7. The fourth-order valence-electron chi connectivity index (χ4n) is 14.8. The number of hydrogen-bond donors (Lipinski definition) is 0. The Hall–Kier alpha value is -9.18. The Morgan fingerprint density at radius 1 is 0.333 bits per heavy atom. The van der Waals surface area contributed by atoms with Gasteiger partial charge < -0.3 is 14.2 Å². The Balaban J connectivity index is 1.08. The molecule has 15 rings (SSSR count). The van der Waals surface area contributed by atoms with E-state index in [9.17, 15) is 0 Å². The zero-order chi connectivity index (χ0) is 57.2. The molecule has 0 saturated heterocycles. The third-order valence-corrected chi connectivity index (χ3v) is 19.0. The van der Waals surface area contributed by atoms with Crippen molar-refractivity contribution in [2.45, 2.75) is 97.8 Å². The van der Waals surface area contributed by atoms with Gasteiger partial charge in [-0.3, -0.25) is 0 Å². The number of hydrogen-bond acceptors (Lipinski definition) is 2. The monoisotopic (exact) mass is 1090 g/mol. The summed E-state index contributed by atoms with van der Waals surface area (Å²) < 4.78 is 2.68. The molecule has 2 aliphatic rings. The standard InChI is InChI=1S/C81H71N3/c1-48(2)53-28-36-59(37-29-53)82(60-38-30-54(31-39-60)49(3)4)69-46-44-66-77-71(63-24-16-17-25-64(63)75(69)77)52(9)72-73(57-20-12-10-13-21-57)79-67-45-47-70(83(61-40-32-55(33-41-61)50(5)6)62-42-34-56(35-43-62)51(7)8)76-65-26-18-19-27-68(65)84(80(67)76)81(79)74(78(66)72)58-22-14-11-15-23-58/h10-52,71H,1-9H3. The number of anilines is 6. The molecule has 2 atom stereocenters. The van der Waals surface area contributed by atoms with E-state index < -0.39 is 0 Å². The average Bonchev–Trinajstić information content (AvgIpc) is 1.55. The second-order valence-corrected chi connectivity index (χ2v) is 25.1. The van der Waals surface area contributed by atoms with Crippen molar-refractivity contribution in [2.75, 3.05) is 9.80 Å². The van der Waals surface area contributed by atoms with E-state index >= 15 is 0 Å². The lowest BCUT2D eigenvalue weighted by molar-refractivity contribution is 0.665. The molecule has 84 heavy (non-hydrogen) atoms. The Morgan fingerprint density at radius 2 is 0.786 bits per heavy atom. The summed E-state index contributed by atoms with van der Waals surface area (Å²) in [4.78, 5) is 5.05. The minimum absolute atomic E-state index is 0.0989. The normalized spacial score (nSPS) is 14.4. The van der Waals surface area contributed by atoms with Crippen molar-refractivity contribution in [1.29, 1.82) is 0 Å². The molecule has 13 aromatic rings. The van der Waals surface area contributed by atoms with Gasteiger partial charge in [-0.2, -0.15) is 0 Å². The first-order valence-electron chi connectivity index (χ1n) is 30.6. The summed E-state index contributed by atoms with van der Waals surface area (Å²) in [7, 11) is 0. The molecule has 2 aromatic heterocycles. The number of para-hydroxylation sites is 1. The zero-order valence-electron chi connectivity index (χ0n) is 49.7. The highest BCUT2D eigenvalue weighted by molar-refractivity contribution is 6.32. The van der Waals surface area contributed by atoms with E-state index in [0.717, 1.165) is 22.7 Å². The number of aromatic nitrogens is 1. The predicted molar refractivity (Wildman–Crippen MR) is 359 cm³/mol. The maximum absolute atomic E-state index is 2.68. The van der Waals surface area contributed by atoms with E-state index in [1.165, 1.54) is 133 Å². The van der Waals surface area contributed by atoms with Crippen LogP contribution in [0.3, 0.4) is 0 Å². The van der Waals surface area contributed by atoms with Crippen LogP contribution in [0.15, 0.2) is 231 Å². The quantitative estimate of drug-likeness (QED) is 0.121. The van der Waals surface area contributed by atoms with Crippen LogP contribution in [0.25, 0.3) is 82.6 Å². The van der Waals surface area contributed by atoms with E-state index in [2.05, 4.69) is 307 Å².